The number of hydrogen-bond donors (Lipinski definition) is 0. The Bertz CT molecular complexity index is 880. The molecule has 2 rings (SSSR count). The topological polar surface area (TPSA) is 89.8 Å². The SMILES string of the molecule is CCOc1ccccc1CN(C)S(=O)(=O)c1c(C)cccc1[N+](=O)[O-]. The van der Waals surface area contributed by atoms with Crippen LogP contribution in [0.25, 0.3) is 0 Å². The molecule has 2 aromatic rings. The van der Waals surface area contributed by atoms with Crippen molar-refractivity contribution in [3.63, 3.8) is 0 Å². The number of rotatable bonds is 7. The first-order valence-electron chi connectivity index (χ1n) is 7.70. The van der Waals surface area contributed by atoms with Gasteiger partial charge in [0.25, 0.3) is 5.69 Å². The fourth-order valence-corrected chi connectivity index (χ4v) is 4.03. The Morgan fingerprint density at radius 3 is 2.48 bits per heavy atom. The predicted molar refractivity (Wildman–Crippen MR) is 94.1 cm³/mol. The summed E-state index contributed by atoms with van der Waals surface area (Å²) in [5.74, 6) is 0.589. The molecule has 0 heterocycles. The summed E-state index contributed by atoms with van der Waals surface area (Å²) in [5.41, 5.74) is 0.593. The second-order valence-corrected chi connectivity index (χ2v) is 7.46. The summed E-state index contributed by atoms with van der Waals surface area (Å²) < 4.78 is 32.5. The zero-order chi connectivity index (χ0) is 18.6. The maximum absolute atomic E-state index is 12.9. The summed E-state index contributed by atoms with van der Waals surface area (Å²) in [5, 5.41) is 11.2. The van der Waals surface area contributed by atoms with Gasteiger partial charge in [0, 0.05) is 25.2 Å². The van der Waals surface area contributed by atoms with Gasteiger partial charge in [-0.05, 0) is 25.5 Å². The number of aryl methyl sites for hydroxylation is 1. The van der Waals surface area contributed by atoms with Gasteiger partial charge in [0.15, 0.2) is 4.90 Å². The van der Waals surface area contributed by atoms with Crippen LogP contribution < -0.4 is 4.74 Å². The van der Waals surface area contributed by atoms with E-state index in [0.717, 1.165) is 4.31 Å². The molecule has 0 amide bonds. The first kappa shape index (κ1) is 18.9. The van der Waals surface area contributed by atoms with E-state index >= 15 is 0 Å². The second-order valence-electron chi connectivity index (χ2n) is 5.48. The minimum Gasteiger partial charge on any atom is -0.494 e. The van der Waals surface area contributed by atoms with Crippen molar-refractivity contribution >= 4 is 15.7 Å². The Morgan fingerprint density at radius 1 is 1.16 bits per heavy atom. The molecule has 0 aliphatic heterocycles. The van der Waals surface area contributed by atoms with Gasteiger partial charge < -0.3 is 4.74 Å². The van der Waals surface area contributed by atoms with Crippen molar-refractivity contribution in [2.75, 3.05) is 13.7 Å². The molecule has 0 radical (unpaired) electrons. The summed E-state index contributed by atoms with van der Waals surface area (Å²) in [7, 11) is -2.64. The third-order valence-corrected chi connectivity index (χ3v) is 5.72. The summed E-state index contributed by atoms with van der Waals surface area (Å²) in [4.78, 5) is 10.3. The second kappa shape index (κ2) is 7.62. The minimum atomic E-state index is -4.04. The number of ether oxygens (including phenoxy) is 1. The van der Waals surface area contributed by atoms with E-state index in [1.165, 1.54) is 19.2 Å². The van der Waals surface area contributed by atoms with Crippen molar-refractivity contribution in [2.24, 2.45) is 0 Å². The van der Waals surface area contributed by atoms with Gasteiger partial charge in [0.05, 0.1) is 11.5 Å². The Kier molecular flexibility index (Phi) is 5.76. The smallest absolute Gasteiger partial charge is 0.289 e. The van der Waals surface area contributed by atoms with Gasteiger partial charge in [-0.3, -0.25) is 10.1 Å². The standard InChI is InChI=1S/C17H20N2O5S/c1-4-24-16-11-6-5-9-14(16)12-18(3)25(22,23)17-13(2)8-7-10-15(17)19(20)21/h5-11H,4,12H2,1-3H3. The molecule has 2 aromatic carbocycles. The van der Waals surface area contributed by atoms with E-state index in [1.807, 2.05) is 6.92 Å². The van der Waals surface area contributed by atoms with Crippen molar-refractivity contribution in [3.8, 4) is 5.75 Å². The molecule has 25 heavy (non-hydrogen) atoms. The molecule has 134 valence electrons. The fraction of sp³-hybridized carbons (Fsp3) is 0.294. The van der Waals surface area contributed by atoms with Crippen LogP contribution in [-0.4, -0.2) is 31.3 Å². The van der Waals surface area contributed by atoms with E-state index in [9.17, 15) is 18.5 Å². The van der Waals surface area contributed by atoms with Crippen molar-refractivity contribution in [1.29, 1.82) is 0 Å². The van der Waals surface area contributed by atoms with Gasteiger partial charge in [0.2, 0.25) is 10.0 Å². The van der Waals surface area contributed by atoms with E-state index in [0.29, 0.717) is 23.5 Å². The van der Waals surface area contributed by atoms with Crippen molar-refractivity contribution < 1.29 is 18.1 Å². The van der Waals surface area contributed by atoms with E-state index in [2.05, 4.69) is 0 Å². The third-order valence-electron chi connectivity index (χ3n) is 3.72. The molecule has 0 fully saturated rings. The van der Waals surface area contributed by atoms with Gasteiger partial charge in [-0.15, -0.1) is 0 Å². The monoisotopic (exact) mass is 364 g/mol. The molecule has 0 bridgehead atoms. The number of para-hydroxylation sites is 1. The summed E-state index contributed by atoms with van der Waals surface area (Å²) >= 11 is 0. The van der Waals surface area contributed by atoms with Crippen molar-refractivity contribution in [3.05, 3.63) is 63.7 Å². The van der Waals surface area contributed by atoms with E-state index < -0.39 is 20.6 Å². The molecule has 7 nitrogen and oxygen atoms in total. The Morgan fingerprint density at radius 2 is 1.84 bits per heavy atom. The quantitative estimate of drug-likeness (QED) is 0.556. The molecule has 0 N–H and O–H groups in total. The van der Waals surface area contributed by atoms with Crippen LogP contribution in [-0.2, 0) is 16.6 Å². The number of hydrogen-bond acceptors (Lipinski definition) is 5. The van der Waals surface area contributed by atoms with Crippen LogP contribution in [0.3, 0.4) is 0 Å². The number of benzene rings is 2. The minimum absolute atomic E-state index is 0.0456. The highest BCUT2D eigenvalue weighted by Crippen LogP contribution is 2.30. The van der Waals surface area contributed by atoms with Crippen LogP contribution in [0.2, 0.25) is 0 Å². The van der Waals surface area contributed by atoms with Crippen LogP contribution >= 0.6 is 0 Å². The molecule has 0 spiro atoms. The number of nitro benzene ring substituents is 1. The number of sulfonamides is 1. The summed E-state index contributed by atoms with van der Waals surface area (Å²) in [6.45, 7) is 3.89. The lowest BCUT2D eigenvalue weighted by Crippen LogP contribution is -2.28. The van der Waals surface area contributed by atoms with E-state index in [1.54, 1.807) is 37.3 Å². The van der Waals surface area contributed by atoms with Gasteiger partial charge in [0.1, 0.15) is 5.75 Å². The van der Waals surface area contributed by atoms with E-state index in [4.69, 9.17) is 4.74 Å². The first-order chi connectivity index (χ1) is 11.8. The van der Waals surface area contributed by atoms with Gasteiger partial charge >= 0.3 is 0 Å². The van der Waals surface area contributed by atoms with Gasteiger partial charge in [-0.1, -0.05) is 30.3 Å². The van der Waals surface area contributed by atoms with Crippen LogP contribution in [0.5, 0.6) is 5.75 Å². The lowest BCUT2D eigenvalue weighted by Gasteiger charge is -2.20. The highest BCUT2D eigenvalue weighted by molar-refractivity contribution is 7.89. The average Bonchev–Trinajstić information content (AvgIpc) is 2.56. The van der Waals surface area contributed by atoms with E-state index in [-0.39, 0.29) is 11.4 Å². The summed E-state index contributed by atoms with van der Waals surface area (Å²) in [6, 6.07) is 11.3. The molecule has 0 aromatic heterocycles. The Labute approximate surface area is 147 Å². The lowest BCUT2D eigenvalue weighted by atomic mass is 10.2. The average molecular weight is 364 g/mol. The Hall–Kier alpha value is -2.45. The molecule has 0 atom stereocenters. The maximum Gasteiger partial charge on any atom is 0.289 e. The van der Waals surface area contributed by atoms with Crippen LogP contribution in [0.4, 0.5) is 5.69 Å². The molecule has 0 aliphatic rings. The molecule has 8 heteroatoms. The highest BCUT2D eigenvalue weighted by atomic mass is 32.2. The molecule has 0 unspecified atom stereocenters. The molecule has 0 saturated carbocycles. The van der Waals surface area contributed by atoms with Gasteiger partial charge in [-0.2, -0.15) is 4.31 Å². The number of nitrogens with zero attached hydrogens (tertiary/aromatic N) is 2. The lowest BCUT2D eigenvalue weighted by molar-refractivity contribution is -0.387. The highest BCUT2D eigenvalue weighted by Gasteiger charge is 2.31. The maximum atomic E-state index is 12.9. The largest absolute Gasteiger partial charge is 0.494 e. The first-order valence-corrected chi connectivity index (χ1v) is 9.14. The molecule has 0 saturated heterocycles. The van der Waals surface area contributed by atoms with Crippen LogP contribution in [0, 0.1) is 17.0 Å². The Balaban J connectivity index is 2.43. The van der Waals surface area contributed by atoms with Crippen LogP contribution in [0.1, 0.15) is 18.1 Å². The van der Waals surface area contributed by atoms with Crippen molar-refractivity contribution in [1.82, 2.24) is 4.31 Å². The zero-order valence-corrected chi connectivity index (χ0v) is 15.1. The fourth-order valence-electron chi connectivity index (χ4n) is 2.53. The molecular formula is C17H20N2O5S. The summed E-state index contributed by atoms with van der Waals surface area (Å²) in [6.07, 6.45) is 0. The zero-order valence-electron chi connectivity index (χ0n) is 14.3. The van der Waals surface area contributed by atoms with Crippen LogP contribution in [0.15, 0.2) is 47.4 Å². The molecule has 0 aliphatic carbocycles. The van der Waals surface area contributed by atoms with Crippen molar-refractivity contribution in [2.45, 2.75) is 25.3 Å². The third kappa shape index (κ3) is 3.97. The molecular weight excluding hydrogens is 344 g/mol. The number of nitro groups is 1. The predicted octanol–water partition coefficient (Wildman–Crippen LogP) is 3.12. The normalized spacial score (nSPS) is 11.5. The van der Waals surface area contributed by atoms with Gasteiger partial charge in [-0.25, -0.2) is 8.42 Å².